The molecule has 27 heavy (non-hydrogen) atoms. The Bertz CT molecular complexity index is 720. The van der Waals surface area contributed by atoms with Gasteiger partial charge in [0, 0.05) is 5.56 Å². The Kier molecular flexibility index (Phi) is 8.04. The van der Waals surface area contributed by atoms with Crippen LogP contribution in [0.25, 0.3) is 11.5 Å². The van der Waals surface area contributed by atoms with E-state index in [0.29, 0.717) is 18.9 Å². The number of esters is 1. The summed E-state index contributed by atoms with van der Waals surface area (Å²) in [6.07, 6.45) is 3.62. The molecular weight excluding hydrogens is 342 g/mol. The predicted molar refractivity (Wildman–Crippen MR) is 105 cm³/mol. The quantitative estimate of drug-likeness (QED) is 0.671. The molecule has 0 bridgehead atoms. The number of rotatable bonds is 5. The van der Waals surface area contributed by atoms with Crippen LogP contribution in [0.3, 0.4) is 0 Å². The van der Waals surface area contributed by atoms with Crippen LogP contribution in [0, 0.1) is 19.8 Å². The average molecular weight is 373 g/mol. The maximum absolute atomic E-state index is 11.7. The minimum atomic E-state index is -0.132. The van der Waals surface area contributed by atoms with Gasteiger partial charge in [-0.05, 0) is 45.2 Å². The predicted octanol–water partition coefficient (Wildman–Crippen LogP) is 5.23. The number of benzene rings is 1. The SMILES string of the molecule is CC.COC(=O)C1CCCC(OCc2nc(-c3ccc(C)cc3)oc2C)C1. The van der Waals surface area contributed by atoms with Gasteiger partial charge in [-0.1, -0.05) is 38.0 Å². The molecule has 1 heterocycles. The summed E-state index contributed by atoms with van der Waals surface area (Å²) < 4.78 is 16.7. The van der Waals surface area contributed by atoms with Crippen molar-refractivity contribution in [2.24, 2.45) is 5.92 Å². The number of aryl methyl sites for hydroxylation is 2. The molecule has 0 radical (unpaired) electrons. The van der Waals surface area contributed by atoms with Crippen molar-refractivity contribution in [3.8, 4) is 11.5 Å². The molecule has 1 fully saturated rings. The highest BCUT2D eigenvalue weighted by molar-refractivity contribution is 5.72. The second-order valence-corrected chi connectivity index (χ2v) is 6.71. The lowest BCUT2D eigenvalue weighted by atomic mass is 9.87. The van der Waals surface area contributed by atoms with E-state index in [2.05, 4.69) is 11.9 Å². The van der Waals surface area contributed by atoms with Gasteiger partial charge in [0.05, 0.1) is 25.7 Å². The summed E-state index contributed by atoms with van der Waals surface area (Å²) >= 11 is 0. The van der Waals surface area contributed by atoms with Crippen molar-refractivity contribution in [1.29, 1.82) is 0 Å². The molecule has 2 aromatic rings. The van der Waals surface area contributed by atoms with Crippen LogP contribution in [0.4, 0.5) is 0 Å². The Morgan fingerprint density at radius 3 is 2.56 bits per heavy atom. The largest absolute Gasteiger partial charge is 0.469 e. The van der Waals surface area contributed by atoms with Crippen LogP contribution in [0.5, 0.6) is 0 Å². The monoisotopic (exact) mass is 373 g/mol. The highest BCUT2D eigenvalue weighted by Gasteiger charge is 2.28. The maximum Gasteiger partial charge on any atom is 0.308 e. The van der Waals surface area contributed by atoms with E-state index < -0.39 is 0 Å². The summed E-state index contributed by atoms with van der Waals surface area (Å²) in [6, 6.07) is 8.10. The van der Waals surface area contributed by atoms with Crippen molar-refractivity contribution >= 4 is 5.97 Å². The Morgan fingerprint density at radius 2 is 1.89 bits per heavy atom. The van der Waals surface area contributed by atoms with Gasteiger partial charge >= 0.3 is 5.97 Å². The molecule has 0 N–H and O–H groups in total. The number of hydrogen-bond donors (Lipinski definition) is 0. The van der Waals surface area contributed by atoms with Gasteiger partial charge in [-0.15, -0.1) is 0 Å². The summed E-state index contributed by atoms with van der Waals surface area (Å²) in [5.41, 5.74) is 2.98. The number of ether oxygens (including phenoxy) is 2. The molecule has 1 aromatic carbocycles. The van der Waals surface area contributed by atoms with Crippen LogP contribution < -0.4 is 0 Å². The number of methoxy groups -OCH3 is 1. The zero-order valence-corrected chi connectivity index (χ0v) is 17.1. The van der Waals surface area contributed by atoms with E-state index in [1.807, 2.05) is 45.0 Å². The number of carbonyl (C=O) groups excluding carboxylic acids is 1. The fourth-order valence-electron chi connectivity index (χ4n) is 3.26. The van der Waals surface area contributed by atoms with Gasteiger partial charge in [0.25, 0.3) is 0 Å². The van der Waals surface area contributed by atoms with E-state index in [-0.39, 0.29) is 18.0 Å². The molecule has 3 rings (SSSR count). The summed E-state index contributed by atoms with van der Waals surface area (Å²) in [7, 11) is 1.44. The standard InChI is InChI=1S/C20H25NO4.C2H6/c1-13-7-9-15(10-8-13)19-21-18(14(2)25-19)12-24-17-6-4-5-16(11-17)20(22)23-3;1-2/h7-10,16-17H,4-6,11-12H2,1-3H3;1-2H3. The van der Waals surface area contributed by atoms with Gasteiger partial charge in [-0.2, -0.15) is 0 Å². The first kappa shape index (κ1) is 21.2. The third-order valence-corrected chi connectivity index (χ3v) is 4.81. The van der Waals surface area contributed by atoms with Gasteiger partial charge in [0.15, 0.2) is 0 Å². The fourth-order valence-corrected chi connectivity index (χ4v) is 3.26. The lowest BCUT2D eigenvalue weighted by Crippen LogP contribution is -2.28. The maximum atomic E-state index is 11.7. The smallest absolute Gasteiger partial charge is 0.308 e. The van der Waals surface area contributed by atoms with Crippen LogP contribution in [0.1, 0.15) is 56.5 Å². The number of aromatic nitrogens is 1. The lowest BCUT2D eigenvalue weighted by molar-refractivity contribution is -0.148. The number of oxazole rings is 1. The molecule has 2 atom stereocenters. The minimum absolute atomic E-state index is 0.0507. The molecule has 0 saturated heterocycles. The summed E-state index contributed by atoms with van der Waals surface area (Å²) in [4.78, 5) is 16.3. The van der Waals surface area contributed by atoms with Crippen LogP contribution in [0.15, 0.2) is 28.7 Å². The third kappa shape index (κ3) is 5.67. The van der Waals surface area contributed by atoms with E-state index in [1.165, 1.54) is 12.7 Å². The second kappa shape index (κ2) is 10.3. The molecule has 2 unspecified atom stereocenters. The highest BCUT2D eigenvalue weighted by Crippen LogP contribution is 2.29. The van der Waals surface area contributed by atoms with Crippen LogP contribution in [-0.2, 0) is 20.9 Å². The first-order chi connectivity index (χ1) is 13.1. The highest BCUT2D eigenvalue weighted by atomic mass is 16.5. The normalized spacial score (nSPS) is 19.1. The molecule has 0 aliphatic heterocycles. The van der Waals surface area contributed by atoms with Crippen LogP contribution in [-0.4, -0.2) is 24.2 Å². The van der Waals surface area contributed by atoms with Crippen LogP contribution >= 0.6 is 0 Å². The average Bonchev–Trinajstić information content (AvgIpc) is 3.08. The second-order valence-electron chi connectivity index (χ2n) is 6.71. The molecule has 148 valence electrons. The summed E-state index contributed by atoms with van der Waals surface area (Å²) in [6.45, 7) is 8.36. The third-order valence-electron chi connectivity index (χ3n) is 4.81. The number of nitrogens with zero attached hydrogens (tertiary/aromatic N) is 1. The van der Waals surface area contributed by atoms with E-state index in [1.54, 1.807) is 0 Å². The van der Waals surface area contributed by atoms with Crippen molar-refractivity contribution in [3.63, 3.8) is 0 Å². The molecule has 0 amide bonds. The van der Waals surface area contributed by atoms with Crippen molar-refractivity contribution in [2.75, 3.05) is 7.11 Å². The number of carbonyl (C=O) groups is 1. The van der Waals surface area contributed by atoms with E-state index >= 15 is 0 Å². The van der Waals surface area contributed by atoms with E-state index in [4.69, 9.17) is 13.9 Å². The van der Waals surface area contributed by atoms with Gasteiger partial charge in [0.1, 0.15) is 11.5 Å². The Labute approximate surface area is 162 Å². The topological polar surface area (TPSA) is 61.6 Å². The van der Waals surface area contributed by atoms with Crippen molar-refractivity contribution in [1.82, 2.24) is 4.98 Å². The van der Waals surface area contributed by atoms with Gasteiger partial charge < -0.3 is 13.9 Å². The molecular formula is C22H31NO4. The van der Waals surface area contributed by atoms with Gasteiger partial charge in [0.2, 0.25) is 5.89 Å². The fraction of sp³-hybridized carbons (Fsp3) is 0.545. The van der Waals surface area contributed by atoms with E-state index in [9.17, 15) is 4.79 Å². The molecule has 1 aliphatic rings. The van der Waals surface area contributed by atoms with Gasteiger partial charge in [-0.25, -0.2) is 4.98 Å². The molecule has 0 spiro atoms. The molecule has 1 saturated carbocycles. The van der Waals surface area contributed by atoms with Crippen LogP contribution in [0.2, 0.25) is 0 Å². The first-order valence-corrected chi connectivity index (χ1v) is 9.79. The Hall–Kier alpha value is -2.14. The number of hydrogen-bond acceptors (Lipinski definition) is 5. The van der Waals surface area contributed by atoms with Crippen molar-refractivity contribution in [2.45, 2.75) is 66.1 Å². The zero-order chi connectivity index (χ0) is 19.8. The molecule has 5 heteroatoms. The Balaban J connectivity index is 0.00000126. The zero-order valence-electron chi connectivity index (χ0n) is 17.1. The summed E-state index contributed by atoms with van der Waals surface area (Å²) in [5.74, 6) is 1.21. The minimum Gasteiger partial charge on any atom is -0.469 e. The van der Waals surface area contributed by atoms with Crippen molar-refractivity contribution < 1.29 is 18.7 Å². The molecule has 1 aromatic heterocycles. The lowest BCUT2D eigenvalue weighted by Gasteiger charge is -2.27. The first-order valence-electron chi connectivity index (χ1n) is 9.79. The Morgan fingerprint density at radius 1 is 1.19 bits per heavy atom. The van der Waals surface area contributed by atoms with Gasteiger partial charge in [-0.3, -0.25) is 4.79 Å². The summed E-state index contributed by atoms with van der Waals surface area (Å²) in [5, 5.41) is 0. The molecule has 1 aliphatic carbocycles. The van der Waals surface area contributed by atoms with E-state index in [0.717, 1.165) is 36.3 Å². The van der Waals surface area contributed by atoms with Crippen molar-refractivity contribution in [3.05, 3.63) is 41.3 Å². The molecule has 5 nitrogen and oxygen atoms in total.